The summed E-state index contributed by atoms with van der Waals surface area (Å²) in [4.78, 5) is 8.68. The minimum Gasteiger partial charge on any atom is -0.384 e. The van der Waals surface area contributed by atoms with E-state index in [-0.39, 0.29) is 5.41 Å². The third-order valence-corrected chi connectivity index (χ3v) is 3.20. The second kappa shape index (κ2) is 6.13. The van der Waals surface area contributed by atoms with Crippen LogP contribution in [0.5, 0.6) is 0 Å². The Kier molecular flexibility index (Phi) is 5.07. The average Bonchev–Trinajstić information content (AvgIpc) is 2.22. The molecule has 0 spiro atoms. The summed E-state index contributed by atoms with van der Waals surface area (Å²) in [5, 5.41) is 3.19. The second-order valence-electron chi connectivity index (χ2n) is 5.31. The van der Waals surface area contributed by atoms with E-state index in [1.54, 1.807) is 12.3 Å². The number of aromatic nitrogens is 2. The largest absolute Gasteiger partial charge is 0.384 e. The molecular weight excluding hydrogens is 248 g/mol. The molecule has 0 saturated heterocycles. The lowest BCUT2D eigenvalue weighted by Crippen LogP contribution is -2.18. The molecule has 0 fully saturated rings. The van der Waals surface area contributed by atoms with Crippen molar-refractivity contribution in [3.05, 3.63) is 11.9 Å². The number of nitrogens with one attached hydrogen (secondary N) is 1. The molecule has 0 aliphatic carbocycles. The van der Waals surface area contributed by atoms with Crippen molar-refractivity contribution in [2.45, 2.75) is 32.6 Å². The summed E-state index contributed by atoms with van der Waals surface area (Å²) >= 11 is 0. The fraction of sp³-hybridized carbons (Fsp3) is 0.667. The van der Waals surface area contributed by atoms with Gasteiger partial charge < -0.3 is 11.1 Å². The van der Waals surface area contributed by atoms with Crippen LogP contribution in [0.3, 0.4) is 0 Å². The van der Waals surface area contributed by atoms with Gasteiger partial charge in [-0.15, -0.1) is 0 Å². The number of nitrogens with two attached hydrogens (primary N) is 1. The number of nitrogen functional groups attached to an aromatic ring is 1. The van der Waals surface area contributed by atoms with Crippen LogP contribution in [0.1, 0.15) is 33.0 Å². The molecule has 0 aliphatic rings. The van der Waals surface area contributed by atoms with Crippen molar-refractivity contribution in [2.75, 3.05) is 29.6 Å². The molecular formula is C12H22N4OS. The van der Waals surface area contributed by atoms with Gasteiger partial charge in [-0.2, -0.15) is 0 Å². The molecule has 1 unspecified atom stereocenters. The van der Waals surface area contributed by atoms with Crippen LogP contribution in [0, 0.1) is 0 Å². The quantitative estimate of drug-likeness (QED) is 0.793. The highest BCUT2D eigenvalue weighted by atomic mass is 32.2. The third kappa shape index (κ3) is 5.00. The van der Waals surface area contributed by atoms with Crippen LogP contribution < -0.4 is 11.1 Å². The zero-order valence-electron chi connectivity index (χ0n) is 11.5. The molecule has 0 radical (unpaired) electrons. The van der Waals surface area contributed by atoms with Gasteiger partial charge in [0.1, 0.15) is 17.5 Å². The molecule has 1 rings (SSSR count). The van der Waals surface area contributed by atoms with Crippen molar-refractivity contribution in [2.24, 2.45) is 0 Å². The van der Waals surface area contributed by atoms with Crippen molar-refractivity contribution in [3.63, 3.8) is 0 Å². The topological polar surface area (TPSA) is 80.9 Å². The van der Waals surface area contributed by atoms with Crippen LogP contribution in [-0.2, 0) is 16.2 Å². The molecule has 1 aromatic heterocycles. The molecule has 0 saturated carbocycles. The molecule has 6 heteroatoms. The minimum absolute atomic E-state index is 0.128. The molecule has 18 heavy (non-hydrogen) atoms. The van der Waals surface area contributed by atoms with Gasteiger partial charge in [-0.1, -0.05) is 20.8 Å². The first-order valence-corrected chi connectivity index (χ1v) is 7.70. The van der Waals surface area contributed by atoms with Crippen molar-refractivity contribution in [3.8, 4) is 0 Å². The lowest BCUT2D eigenvalue weighted by Gasteiger charge is -2.18. The Morgan fingerprint density at radius 1 is 1.39 bits per heavy atom. The monoisotopic (exact) mass is 270 g/mol. The Morgan fingerprint density at radius 3 is 2.61 bits per heavy atom. The zero-order valence-corrected chi connectivity index (χ0v) is 12.3. The summed E-state index contributed by atoms with van der Waals surface area (Å²) in [6.45, 7) is 6.88. The normalized spacial score (nSPS) is 13.3. The van der Waals surface area contributed by atoms with Gasteiger partial charge in [0.25, 0.3) is 0 Å². The van der Waals surface area contributed by atoms with E-state index < -0.39 is 10.8 Å². The van der Waals surface area contributed by atoms with E-state index in [1.165, 1.54) is 0 Å². The predicted molar refractivity (Wildman–Crippen MR) is 77.2 cm³/mol. The standard InChI is InChI=1S/C12H22N4OS/c1-12(2,3)11-15-9(13)8-10(16-11)14-6-5-7-18(4)17/h8H,5-7H2,1-4H3,(H3,13,14,15,16). The second-order valence-corrected chi connectivity index (χ2v) is 6.86. The van der Waals surface area contributed by atoms with E-state index in [9.17, 15) is 4.21 Å². The van der Waals surface area contributed by atoms with Crippen molar-refractivity contribution >= 4 is 22.4 Å². The summed E-state index contributed by atoms with van der Waals surface area (Å²) in [5.41, 5.74) is 5.64. The van der Waals surface area contributed by atoms with Gasteiger partial charge >= 0.3 is 0 Å². The highest BCUT2D eigenvalue weighted by molar-refractivity contribution is 7.84. The maximum absolute atomic E-state index is 10.9. The van der Waals surface area contributed by atoms with E-state index in [1.807, 2.05) is 20.8 Å². The zero-order chi connectivity index (χ0) is 13.8. The first-order valence-electron chi connectivity index (χ1n) is 5.98. The number of hydrogen-bond acceptors (Lipinski definition) is 5. The Labute approximate surface area is 111 Å². The van der Waals surface area contributed by atoms with Crippen molar-refractivity contribution < 1.29 is 4.21 Å². The van der Waals surface area contributed by atoms with Crippen LogP contribution in [0.15, 0.2) is 6.07 Å². The lowest BCUT2D eigenvalue weighted by molar-refractivity contribution is 0.547. The first kappa shape index (κ1) is 14.9. The lowest BCUT2D eigenvalue weighted by atomic mass is 9.96. The SMILES string of the molecule is CS(=O)CCCNc1cc(N)nc(C(C)(C)C)n1. The van der Waals surface area contributed by atoms with E-state index in [0.717, 1.165) is 24.6 Å². The summed E-state index contributed by atoms with van der Waals surface area (Å²) in [6.07, 6.45) is 2.55. The van der Waals surface area contributed by atoms with Gasteiger partial charge in [0, 0.05) is 40.8 Å². The summed E-state index contributed by atoms with van der Waals surface area (Å²) in [7, 11) is -0.744. The van der Waals surface area contributed by atoms with Crippen LogP contribution in [0.2, 0.25) is 0 Å². The number of anilines is 2. The minimum atomic E-state index is -0.744. The van der Waals surface area contributed by atoms with Gasteiger partial charge in [0.05, 0.1) is 0 Å². The third-order valence-electron chi connectivity index (χ3n) is 2.33. The highest BCUT2D eigenvalue weighted by Crippen LogP contribution is 2.21. The molecule has 0 amide bonds. The molecule has 3 N–H and O–H groups in total. The van der Waals surface area contributed by atoms with Gasteiger partial charge in [-0.05, 0) is 6.42 Å². The van der Waals surface area contributed by atoms with Gasteiger partial charge in [0.15, 0.2) is 0 Å². The molecule has 0 aromatic carbocycles. The van der Waals surface area contributed by atoms with Gasteiger partial charge in [-0.25, -0.2) is 9.97 Å². The van der Waals surface area contributed by atoms with E-state index >= 15 is 0 Å². The van der Waals surface area contributed by atoms with Crippen LogP contribution in [-0.4, -0.2) is 32.7 Å². The average molecular weight is 270 g/mol. The Balaban J connectivity index is 2.66. The number of nitrogens with zero attached hydrogens (tertiary/aromatic N) is 2. The van der Waals surface area contributed by atoms with E-state index in [0.29, 0.717) is 11.6 Å². The molecule has 0 bridgehead atoms. The maximum atomic E-state index is 10.9. The summed E-state index contributed by atoms with van der Waals surface area (Å²) in [5.74, 6) is 2.62. The predicted octanol–water partition coefficient (Wildman–Crippen LogP) is 1.54. The fourth-order valence-corrected chi connectivity index (χ4v) is 1.93. The molecule has 1 heterocycles. The molecule has 1 aromatic rings. The van der Waals surface area contributed by atoms with Gasteiger partial charge in [0.2, 0.25) is 0 Å². The Bertz CT molecular complexity index is 429. The van der Waals surface area contributed by atoms with Crippen LogP contribution in [0.4, 0.5) is 11.6 Å². The van der Waals surface area contributed by atoms with Crippen LogP contribution in [0.25, 0.3) is 0 Å². The van der Waals surface area contributed by atoms with E-state index in [2.05, 4.69) is 15.3 Å². The Morgan fingerprint density at radius 2 is 2.06 bits per heavy atom. The first-order chi connectivity index (χ1) is 8.29. The van der Waals surface area contributed by atoms with Gasteiger partial charge in [-0.3, -0.25) is 4.21 Å². The molecule has 5 nitrogen and oxygen atoms in total. The number of hydrogen-bond donors (Lipinski definition) is 2. The molecule has 1 atom stereocenters. The fourth-order valence-electron chi connectivity index (χ4n) is 1.38. The highest BCUT2D eigenvalue weighted by Gasteiger charge is 2.18. The Hall–Kier alpha value is -1.17. The van der Waals surface area contributed by atoms with Crippen LogP contribution >= 0.6 is 0 Å². The van der Waals surface area contributed by atoms with Crippen molar-refractivity contribution in [1.29, 1.82) is 0 Å². The number of rotatable bonds is 5. The van der Waals surface area contributed by atoms with Crippen molar-refractivity contribution in [1.82, 2.24) is 9.97 Å². The summed E-state index contributed by atoms with van der Waals surface area (Å²) in [6, 6.07) is 1.72. The van der Waals surface area contributed by atoms with E-state index in [4.69, 9.17) is 5.73 Å². The summed E-state index contributed by atoms with van der Waals surface area (Å²) < 4.78 is 10.9. The molecule has 0 aliphatic heterocycles. The smallest absolute Gasteiger partial charge is 0.138 e. The molecule has 102 valence electrons. The maximum Gasteiger partial charge on any atom is 0.138 e.